The zero-order chi connectivity index (χ0) is 21.1. The summed E-state index contributed by atoms with van der Waals surface area (Å²) in [5.74, 6) is 1.38. The van der Waals surface area contributed by atoms with Crippen LogP contribution in [0.4, 0.5) is 5.69 Å². The van der Waals surface area contributed by atoms with E-state index in [9.17, 15) is 4.79 Å². The third kappa shape index (κ3) is 4.53. The predicted octanol–water partition coefficient (Wildman–Crippen LogP) is 5.02. The summed E-state index contributed by atoms with van der Waals surface area (Å²) >= 11 is 0. The summed E-state index contributed by atoms with van der Waals surface area (Å²) in [6, 6.07) is 16.2. The van der Waals surface area contributed by atoms with Crippen molar-refractivity contribution in [3.63, 3.8) is 0 Å². The fourth-order valence-electron chi connectivity index (χ4n) is 3.27. The Kier molecular flexibility index (Phi) is 5.84. The third-order valence-electron chi connectivity index (χ3n) is 5.30. The van der Waals surface area contributed by atoms with Crippen LogP contribution in [-0.2, 0) is 4.79 Å². The molecule has 0 aliphatic heterocycles. The third-order valence-corrected chi connectivity index (χ3v) is 5.30. The standard InChI is InChI=1S/C24H28N4O2/c1-16(2)15-30-24-26-22(18-9-7-17(3)8-10-18)28(27-24)21-13-11-20(12-14-21)25-23(29)19-5-4-6-19/h7-14,16,19H,4-6,15H2,1-3H3,(H,25,29). The first kappa shape index (κ1) is 20.1. The lowest BCUT2D eigenvalue weighted by Gasteiger charge is -2.24. The lowest BCUT2D eigenvalue weighted by atomic mass is 9.85. The molecule has 0 atom stereocenters. The molecule has 2 aromatic carbocycles. The number of aryl methyl sites for hydroxylation is 1. The Morgan fingerprint density at radius 2 is 1.83 bits per heavy atom. The highest BCUT2D eigenvalue weighted by molar-refractivity contribution is 5.93. The number of rotatable bonds is 7. The predicted molar refractivity (Wildman–Crippen MR) is 118 cm³/mol. The average Bonchev–Trinajstić information content (AvgIpc) is 3.10. The summed E-state index contributed by atoms with van der Waals surface area (Å²) in [6.45, 7) is 6.80. The smallest absolute Gasteiger partial charge is 0.336 e. The summed E-state index contributed by atoms with van der Waals surface area (Å²) in [5, 5.41) is 7.59. The molecule has 0 spiro atoms. The molecular weight excluding hydrogens is 376 g/mol. The molecule has 0 saturated heterocycles. The molecule has 156 valence electrons. The molecule has 0 unspecified atom stereocenters. The Morgan fingerprint density at radius 3 is 2.43 bits per heavy atom. The van der Waals surface area contributed by atoms with Gasteiger partial charge >= 0.3 is 6.01 Å². The maximum absolute atomic E-state index is 12.2. The van der Waals surface area contributed by atoms with Gasteiger partial charge < -0.3 is 10.1 Å². The number of anilines is 1. The van der Waals surface area contributed by atoms with Gasteiger partial charge in [-0.15, -0.1) is 5.10 Å². The maximum atomic E-state index is 12.2. The lowest BCUT2D eigenvalue weighted by molar-refractivity contribution is -0.122. The Balaban J connectivity index is 1.60. The quantitative estimate of drug-likeness (QED) is 0.601. The first-order chi connectivity index (χ1) is 14.5. The van der Waals surface area contributed by atoms with Crippen LogP contribution < -0.4 is 10.1 Å². The van der Waals surface area contributed by atoms with E-state index in [1.54, 1.807) is 4.68 Å². The Labute approximate surface area is 177 Å². The number of hydrogen-bond donors (Lipinski definition) is 1. The average molecular weight is 405 g/mol. The highest BCUT2D eigenvalue weighted by Crippen LogP contribution is 2.28. The highest BCUT2D eigenvalue weighted by Gasteiger charge is 2.25. The van der Waals surface area contributed by atoms with E-state index in [2.05, 4.69) is 48.3 Å². The first-order valence-electron chi connectivity index (χ1n) is 10.6. The number of nitrogens with zero attached hydrogens (tertiary/aromatic N) is 3. The van der Waals surface area contributed by atoms with Gasteiger partial charge in [0.25, 0.3) is 0 Å². The van der Waals surface area contributed by atoms with Gasteiger partial charge in [-0.2, -0.15) is 4.98 Å². The van der Waals surface area contributed by atoms with Crippen LogP contribution in [0.15, 0.2) is 48.5 Å². The number of amides is 1. The fraction of sp³-hybridized carbons (Fsp3) is 0.375. The maximum Gasteiger partial charge on any atom is 0.336 e. The van der Waals surface area contributed by atoms with Crippen LogP contribution in [-0.4, -0.2) is 27.3 Å². The Hall–Kier alpha value is -3.15. The van der Waals surface area contributed by atoms with Crippen LogP contribution in [0.5, 0.6) is 6.01 Å². The highest BCUT2D eigenvalue weighted by atomic mass is 16.5. The molecule has 1 aliphatic rings. The van der Waals surface area contributed by atoms with Crippen molar-refractivity contribution in [1.29, 1.82) is 0 Å². The van der Waals surface area contributed by atoms with Gasteiger partial charge in [0, 0.05) is 17.2 Å². The van der Waals surface area contributed by atoms with Crippen molar-refractivity contribution < 1.29 is 9.53 Å². The van der Waals surface area contributed by atoms with Crippen LogP contribution >= 0.6 is 0 Å². The number of nitrogens with one attached hydrogen (secondary N) is 1. The Morgan fingerprint density at radius 1 is 1.13 bits per heavy atom. The van der Waals surface area contributed by atoms with Crippen molar-refractivity contribution in [3.8, 4) is 23.1 Å². The van der Waals surface area contributed by atoms with Crippen molar-refractivity contribution >= 4 is 11.6 Å². The zero-order valence-corrected chi connectivity index (χ0v) is 17.8. The molecule has 1 aromatic heterocycles. The second-order valence-electron chi connectivity index (χ2n) is 8.36. The van der Waals surface area contributed by atoms with Crippen molar-refractivity contribution in [1.82, 2.24) is 14.8 Å². The number of hydrogen-bond acceptors (Lipinski definition) is 4. The van der Waals surface area contributed by atoms with Crippen molar-refractivity contribution in [2.45, 2.75) is 40.0 Å². The molecule has 1 fully saturated rings. The second kappa shape index (κ2) is 8.69. The second-order valence-corrected chi connectivity index (χ2v) is 8.36. The SMILES string of the molecule is Cc1ccc(-c2nc(OCC(C)C)nn2-c2ccc(NC(=O)C3CCC3)cc2)cc1. The molecule has 1 aliphatic carbocycles. The van der Waals surface area contributed by atoms with Crippen LogP contribution in [0.25, 0.3) is 17.1 Å². The minimum absolute atomic E-state index is 0.111. The van der Waals surface area contributed by atoms with E-state index >= 15 is 0 Å². The molecule has 6 heteroatoms. The first-order valence-corrected chi connectivity index (χ1v) is 10.6. The summed E-state index contributed by atoms with van der Waals surface area (Å²) in [4.78, 5) is 16.8. The monoisotopic (exact) mass is 404 g/mol. The van der Waals surface area contributed by atoms with Gasteiger partial charge in [-0.05, 0) is 49.9 Å². The van der Waals surface area contributed by atoms with Gasteiger partial charge in [0.05, 0.1) is 12.3 Å². The lowest BCUT2D eigenvalue weighted by Crippen LogP contribution is -2.27. The number of benzene rings is 2. The van der Waals surface area contributed by atoms with E-state index in [1.807, 2.05) is 36.4 Å². The van der Waals surface area contributed by atoms with E-state index < -0.39 is 0 Å². The summed E-state index contributed by atoms with van der Waals surface area (Å²) in [7, 11) is 0. The molecule has 6 nitrogen and oxygen atoms in total. The molecule has 0 bridgehead atoms. The van der Waals surface area contributed by atoms with Crippen LogP contribution in [0.2, 0.25) is 0 Å². The van der Waals surface area contributed by atoms with Gasteiger partial charge in [-0.25, -0.2) is 4.68 Å². The number of aromatic nitrogens is 3. The minimum Gasteiger partial charge on any atom is -0.462 e. The van der Waals surface area contributed by atoms with Crippen molar-refractivity contribution in [2.75, 3.05) is 11.9 Å². The molecule has 1 N–H and O–H groups in total. The van der Waals surface area contributed by atoms with E-state index in [4.69, 9.17) is 4.74 Å². The number of carbonyl (C=O) groups excluding carboxylic acids is 1. The van der Waals surface area contributed by atoms with Crippen molar-refractivity contribution in [2.24, 2.45) is 11.8 Å². The fourth-order valence-corrected chi connectivity index (χ4v) is 3.27. The number of carbonyl (C=O) groups is 1. The minimum atomic E-state index is 0.111. The van der Waals surface area contributed by atoms with Gasteiger partial charge in [0.2, 0.25) is 5.91 Å². The molecule has 1 saturated carbocycles. The van der Waals surface area contributed by atoms with Gasteiger partial charge in [0.1, 0.15) is 0 Å². The van der Waals surface area contributed by atoms with Crippen molar-refractivity contribution in [3.05, 3.63) is 54.1 Å². The molecular formula is C24H28N4O2. The van der Waals surface area contributed by atoms with E-state index in [0.717, 1.165) is 42.0 Å². The normalized spacial score (nSPS) is 13.9. The number of ether oxygens (including phenoxy) is 1. The van der Waals surface area contributed by atoms with E-state index in [1.165, 1.54) is 5.56 Å². The summed E-state index contributed by atoms with van der Waals surface area (Å²) in [6.07, 6.45) is 3.12. The van der Waals surface area contributed by atoms with Gasteiger partial charge in [-0.1, -0.05) is 50.1 Å². The largest absolute Gasteiger partial charge is 0.462 e. The van der Waals surface area contributed by atoms with E-state index in [0.29, 0.717) is 18.5 Å². The molecule has 1 amide bonds. The molecule has 1 heterocycles. The van der Waals surface area contributed by atoms with Crippen LogP contribution in [0.3, 0.4) is 0 Å². The molecule has 30 heavy (non-hydrogen) atoms. The zero-order valence-electron chi connectivity index (χ0n) is 17.8. The molecule has 3 aromatic rings. The summed E-state index contributed by atoms with van der Waals surface area (Å²) < 4.78 is 7.57. The summed E-state index contributed by atoms with van der Waals surface area (Å²) in [5.41, 5.74) is 3.81. The van der Waals surface area contributed by atoms with Crippen LogP contribution in [0, 0.1) is 18.8 Å². The van der Waals surface area contributed by atoms with Gasteiger partial charge in [0.15, 0.2) is 5.82 Å². The van der Waals surface area contributed by atoms with Crippen LogP contribution in [0.1, 0.15) is 38.7 Å². The molecule has 4 rings (SSSR count). The van der Waals surface area contributed by atoms with Gasteiger partial charge in [-0.3, -0.25) is 4.79 Å². The van der Waals surface area contributed by atoms with E-state index in [-0.39, 0.29) is 11.8 Å². The Bertz CT molecular complexity index is 1000. The topological polar surface area (TPSA) is 69.0 Å². The molecule has 0 radical (unpaired) electrons.